The number of halogens is 1. The Labute approximate surface area is 151 Å². The molecule has 2 amide bonds. The average molecular weight is 395 g/mol. The van der Waals surface area contributed by atoms with Gasteiger partial charge in [0.15, 0.2) is 0 Å². The molecule has 0 N–H and O–H groups in total. The van der Waals surface area contributed by atoms with Crippen molar-refractivity contribution in [2.75, 3.05) is 33.3 Å². The van der Waals surface area contributed by atoms with E-state index >= 15 is 0 Å². The maximum absolute atomic E-state index is 13.4. The zero-order valence-corrected chi connectivity index (χ0v) is 15.5. The van der Waals surface area contributed by atoms with Crippen LogP contribution in [-0.4, -0.2) is 55.1 Å². The van der Waals surface area contributed by atoms with Crippen LogP contribution in [0.1, 0.15) is 31.2 Å². The Balaban J connectivity index is 1.78. The number of hydrogen-bond acceptors (Lipinski definition) is 3. The molecule has 24 heavy (non-hydrogen) atoms. The van der Waals surface area contributed by atoms with Gasteiger partial charge in [-0.05, 0) is 30.5 Å². The summed E-state index contributed by atoms with van der Waals surface area (Å²) in [6.45, 7) is 2.22. The summed E-state index contributed by atoms with van der Waals surface area (Å²) >= 11 is 3.53. The second-order valence-corrected chi connectivity index (χ2v) is 7.46. The maximum atomic E-state index is 13.4. The van der Waals surface area contributed by atoms with Gasteiger partial charge in [0.05, 0.1) is 12.5 Å². The summed E-state index contributed by atoms with van der Waals surface area (Å²) in [7, 11) is 1.39. The van der Waals surface area contributed by atoms with E-state index in [1.165, 1.54) is 7.11 Å². The molecule has 0 spiro atoms. The number of hydrogen-bond donors (Lipinski definition) is 0. The Morgan fingerprint density at radius 1 is 1.08 bits per heavy atom. The van der Waals surface area contributed by atoms with Crippen molar-refractivity contribution in [3.63, 3.8) is 0 Å². The van der Waals surface area contributed by atoms with E-state index in [1.54, 1.807) is 4.90 Å². The van der Waals surface area contributed by atoms with Crippen LogP contribution in [0.25, 0.3) is 0 Å². The number of amides is 2. The molecule has 0 aromatic heterocycles. The summed E-state index contributed by atoms with van der Waals surface area (Å²) in [5, 5.41) is 0. The Morgan fingerprint density at radius 3 is 2.29 bits per heavy atom. The van der Waals surface area contributed by atoms with E-state index in [0.717, 1.165) is 35.7 Å². The largest absolute Gasteiger partial charge is 0.453 e. The van der Waals surface area contributed by atoms with Crippen LogP contribution in [0.5, 0.6) is 0 Å². The minimum atomic E-state index is -0.406. The molecule has 5 nitrogen and oxygen atoms in total. The molecule has 0 atom stereocenters. The summed E-state index contributed by atoms with van der Waals surface area (Å²) in [6, 6.07) is 8.14. The number of benzene rings is 1. The molecule has 1 aliphatic heterocycles. The molecular weight excluding hydrogens is 372 g/mol. The lowest BCUT2D eigenvalue weighted by Crippen LogP contribution is -2.55. The van der Waals surface area contributed by atoms with Crippen LogP contribution in [0.3, 0.4) is 0 Å². The summed E-state index contributed by atoms with van der Waals surface area (Å²) in [5.41, 5.74) is 0.701. The molecule has 2 fully saturated rings. The molecule has 1 saturated heterocycles. The second kappa shape index (κ2) is 7.13. The molecule has 6 heteroatoms. The van der Waals surface area contributed by atoms with Gasteiger partial charge in [-0.25, -0.2) is 4.79 Å². The Kier molecular flexibility index (Phi) is 5.13. The predicted molar refractivity (Wildman–Crippen MR) is 94.8 cm³/mol. The van der Waals surface area contributed by atoms with E-state index in [1.807, 2.05) is 17.0 Å². The van der Waals surface area contributed by atoms with E-state index in [0.29, 0.717) is 26.2 Å². The third-order valence-corrected chi connectivity index (χ3v) is 5.74. The topological polar surface area (TPSA) is 49.9 Å². The highest BCUT2D eigenvalue weighted by molar-refractivity contribution is 9.10. The molecule has 1 aromatic carbocycles. The monoisotopic (exact) mass is 394 g/mol. The van der Waals surface area contributed by atoms with Crippen LogP contribution < -0.4 is 0 Å². The van der Waals surface area contributed by atoms with Crippen molar-refractivity contribution in [2.45, 2.75) is 31.1 Å². The number of carbonyl (C=O) groups is 2. The van der Waals surface area contributed by atoms with Gasteiger partial charge in [0, 0.05) is 30.7 Å². The highest BCUT2D eigenvalue weighted by Gasteiger charge is 2.45. The minimum absolute atomic E-state index is 0.211. The Hall–Kier alpha value is -1.56. The molecule has 0 radical (unpaired) electrons. The first-order chi connectivity index (χ1) is 11.6. The smallest absolute Gasteiger partial charge is 0.409 e. The van der Waals surface area contributed by atoms with E-state index in [4.69, 9.17) is 4.74 Å². The van der Waals surface area contributed by atoms with Crippen molar-refractivity contribution in [1.29, 1.82) is 0 Å². The lowest BCUT2D eigenvalue weighted by Gasteiger charge is -2.39. The van der Waals surface area contributed by atoms with Gasteiger partial charge in [-0.1, -0.05) is 40.9 Å². The third kappa shape index (κ3) is 3.16. The molecule has 0 bridgehead atoms. The van der Waals surface area contributed by atoms with Crippen LogP contribution in [0.15, 0.2) is 28.7 Å². The molecule has 0 unspecified atom stereocenters. The van der Waals surface area contributed by atoms with Gasteiger partial charge in [-0.3, -0.25) is 4.79 Å². The number of ether oxygens (including phenoxy) is 1. The molecule has 1 aliphatic carbocycles. The van der Waals surface area contributed by atoms with Crippen LogP contribution in [-0.2, 0) is 14.9 Å². The standard InChI is InChI=1S/C18H23BrN2O3/c1-24-17(23)21-11-9-20(10-12-21)16(22)18(7-2-3-8-18)14-5-4-6-15(19)13-14/h4-6,13H,2-3,7-12H2,1H3. The summed E-state index contributed by atoms with van der Waals surface area (Å²) < 4.78 is 5.77. The molecule has 2 aliphatic rings. The maximum Gasteiger partial charge on any atom is 0.409 e. The van der Waals surface area contributed by atoms with Crippen molar-refractivity contribution in [3.05, 3.63) is 34.3 Å². The quantitative estimate of drug-likeness (QED) is 0.773. The van der Waals surface area contributed by atoms with Crippen molar-refractivity contribution in [3.8, 4) is 0 Å². The highest BCUT2D eigenvalue weighted by Crippen LogP contribution is 2.43. The molecule has 1 aromatic rings. The van der Waals surface area contributed by atoms with Crippen molar-refractivity contribution < 1.29 is 14.3 Å². The second-order valence-electron chi connectivity index (χ2n) is 6.55. The first-order valence-electron chi connectivity index (χ1n) is 8.45. The molecule has 130 valence electrons. The van der Waals surface area contributed by atoms with Crippen LogP contribution in [0.4, 0.5) is 4.79 Å². The lowest BCUT2D eigenvalue weighted by molar-refractivity contribution is -0.139. The molecule has 3 rings (SSSR count). The molecule has 1 saturated carbocycles. The third-order valence-electron chi connectivity index (χ3n) is 5.24. The fourth-order valence-corrected chi connectivity index (χ4v) is 4.31. The van der Waals surface area contributed by atoms with E-state index in [9.17, 15) is 9.59 Å². The fraction of sp³-hybridized carbons (Fsp3) is 0.556. The van der Waals surface area contributed by atoms with Crippen molar-refractivity contribution >= 4 is 27.9 Å². The van der Waals surface area contributed by atoms with Gasteiger partial charge < -0.3 is 14.5 Å². The van der Waals surface area contributed by atoms with Crippen molar-refractivity contribution in [1.82, 2.24) is 9.80 Å². The van der Waals surface area contributed by atoms with Crippen LogP contribution in [0.2, 0.25) is 0 Å². The number of carbonyl (C=O) groups excluding carboxylic acids is 2. The minimum Gasteiger partial charge on any atom is -0.453 e. The SMILES string of the molecule is COC(=O)N1CCN(C(=O)C2(c3cccc(Br)c3)CCCC2)CC1. The zero-order valence-electron chi connectivity index (χ0n) is 14.0. The van der Waals surface area contributed by atoms with Gasteiger partial charge >= 0.3 is 6.09 Å². The molecule has 1 heterocycles. The summed E-state index contributed by atoms with van der Waals surface area (Å²) in [6.07, 6.45) is 3.66. The van der Waals surface area contributed by atoms with E-state index in [2.05, 4.69) is 28.1 Å². The van der Waals surface area contributed by atoms with Gasteiger partial charge in [0.25, 0.3) is 0 Å². The number of methoxy groups -OCH3 is 1. The first kappa shape index (κ1) is 17.3. The van der Waals surface area contributed by atoms with Crippen LogP contribution >= 0.6 is 15.9 Å². The van der Waals surface area contributed by atoms with Crippen LogP contribution in [0, 0.1) is 0 Å². The van der Waals surface area contributed by atoms with E-state index < -0.39 is 5.41 Å². The van der Waals surface area contributed by atoms with E-state index in [-0.39, 0.29) is 12.0 Å². The Bertz CT molecular complexity index is 620. The Morgan fingerprint density at radius 2 is 1.71 bits per heavy atom. The normalized spacial score (nSPS) is 20.1. The van der Waals surface area contributed by atoms with Gasteiger partial charge in [-0.2, -0.15) is 0 Å². The lowest BCUT2D eigenvalue weighted by atomic mass is 9.77. The van der Waals surface area contributed by atoms with Gasteiger partial charge in [0.1, 0.15) is 0 Å². The fourth-order valence-electron chi connectivity index (χ4n) is 3.91. The molecular formula is C18H23BrN2O3. The number of nitrogens with zero attached hydrogens (tertiary/aromatic N) is 2. The number of piperazine rings is 1. The number of rotatable bonds is 2. The summed E-state index contributed by atoms with van der Waals surface area (Å²) in [5.74, 6) is 0.211. The summed E-state index contributed by atoms with van der Waals surface area (Å²) in [4.78, 5) is 28.6. The zero-order chi connectivity index (χ0) is 17.2. The predicted octanol–water partition coefficient (Wildman–Crippen LogP) is 3.17. The van der Waals surface area contributed by atoms with Gasteiger partial charge in [0.2, 0.25) is 5.91 Å². The van der Waals surface area contributed by atoms with Gasteiger partial charge in [-0.15, -0.1) is 0 Å². The highest BCUT2D eigenvalue weighted by atomic mass is 79.9. The first-order valence-corrected chi connectivity index (χ1v) is 9.24. The van der Waals surface area contributed by atoms with Crippen molar-refractivity contribution in [2.24, 2.45) is 0 Å². The average Bonchev–Trinajstić information content (AvgIpc) is 3.11.